The number of amides is 1. The van der Waals surface area contributed by atoms with E-state index in [1.807, 2.05) is 5.32 Å². The Morgan fingerprint density at radius 3 is 2.57 bits per heavy atom. The second-order valence-corrected chi connectivity index (χ2v) is 11.4. The molecule has 0 radical (unpaired) electrons. The van der Waals surface area contributed by atoms with Crippen LogP contribution in [0.3, 0.4) is 0 Å². The van der Waals surface area contributed by atoms with Crippen molar-refractivity contribution >= 4 is 55.3 Å². The third-order valence-electron chi connectivity index (χ3n) is 5.59. The van der Waals surface area contributed by atoms with Crippen LogP contribution in [-0.2, 0) is 14.5 Å². The third kappa shape index (κ3) is 6.21. The van der Waals surface area contributed by atoms with E-state index in [1.165, 1.54) is 37.5 Å². The van der Waals surface area contributed by atoms with E-state index in [0.29, 0.717) is 11.5 Å². The van der Waals surface area contributed by atoms with Crippen LogP contribution in [-0.4, -0.2) is 49.9 Å². The van der Waals surface area contributed by atoms with E-state index in [1.54, 1.807) is 0 Å². The third-order valence-corrected chi connectivity index (χ3v) is 8.22. The molecule has 2 heterocycles. The van der Waals surface area contributed by atoms with Gasteiger partial charge in [0.1, 0.15) is 29.8 Å². The fourth-order valence-electron chi connectivity index (χ4n) is 3.43. The molecule has 0 bridgehead atoms. The Labute approximate surface area is 215 Å². The Morgan fingerprint density at radius 2 is 1.92 bits per heavy atom. The second-order valence-electron chi connectivity index (χ2n) is 8.47. The number of carbonyl (C=O) groups is 1. The topological polar surface area (TPSA) is 106 Å². The van der Waals surface area contributed by atoms with E-state index < -0.39 is 39.8 Å². The standard InChI is InChI=1S/C23H22ClF4N5O3S/c1-12(22(34)31-13(2)23(26,27)28)36-19-8-14(24)4-5-17(19)32-21-20-16(25)9-15(10-18(20)29-11-30-21)33-37(35)6-3-7-37/h4-5,8-13H,3,6-7H2,1-2H3,(H,31,34)(H,29,30,32)/t12-,13+/m1/s1. The molecule has 1 aromatic heterocycles. The molecule has 0 unspecified atom stereocenters. The number of aromatic nitrogens is 2. The molecule has 1 amide bonds. The van der Waals surface area contributed by atoms with Gasteiger partial charge in [0.15, 0.2) is 6.10 Å². The molecule has 0 aliphatic carbocycles. The van der Waals surface area contributed by atoms with Crippen LogP contribution in [0, 0.1) is 5.82 Å². The number of hydrogen-bond acceptors (Lipinski definition) is 7. The van der Waals surface area contributed by atoms with Crippen molar-refractivity contribution in [2.45, 2.75) is 38.6 Å². The van der Waals surface area contributed by atoms with Crippen molar-refractivity contribution in [2.75, 3.05) is 16.8 Å². The zero-order chi connectivity index (χ0) is 27.0. The van der Waals surface area contributed by atoms with E-state index in [2.05, 4.69) is 19.6 Å². The molecular weight excluding hydrogens is 538 g/mol. The van der Waals surface area contributed by atoms with E-state index in [9.17, 15) is 22.2 Å². The highest BCUT2D eigenvalue weighted by molar-refractivity contribution is 7.95. The number of hydrogen-bond donors (Lipinski definition) is 2. The highest BCUT2D eigenvalue weighted by Crippen LogP contribution is 2.35. The second kappa shape index (κ2) is 10.3. The lowest BCUT2D eigenvalue weighted by atomic mass is 10.2. The fourth-order valence-corrected chi connectivity index (χ4v) is 5.05. The number of nitrogens with zero attached hydrogens (tertiary/aromatic N) is 3. The summed E-state index contributed by atoms with van der Waals surface area (Å²) in [7, 11) is -2.36. The van der Waals surface area contributed by atoms with Crippen LogP contribution in [0.15, 0.2) is 41.0 Å². The van der Waals surface area contributed by atoms with Gasteiger partial charge in [-0.05, 0) is 38.5 Å². The monoisotopic (exact) mass is 559 g/mol. The zero-order valence-electron chi connectivity index (χ0n) is 19.6. The van der Waals surface area contributed by atoms with Crippen LogP contribution in [0.5, 0.6) is 5.75 Å². The molecule has 37 heavy (non-hydrogen) atoms. The minimum Gasteiger partial charge on any atom is -0.479 e. The van der Waals surface area contributed by atoms with Gasteiger partial charge in [0.05, 0.1) is 32.0 Å². The summed E-state index contributed by atoms with van der Waals surface area (Å²) in [6, 6.07) is 4.92. The summed E-state index contributed by atoms with van der Waals surface area (Å²) in [6.07, 6.45) is -3.93. The number of fused-ring (bicyclic) bond motifs is 1. The molecule has 14 heteroatoms. The van der Waals surface area contributed by atoms with Crippen LogP contribution in [0.2, 0.25) is 5.02 Å². The summed E-state index contributed by atoms with van der Waals surface area (Å²) < 4.78 is 75.8. The van der Waals surface area contributed by atoms with Crippen molar-refractivity contribution in [3.8, 4) is 5.75 Å². The molecule has 2 aromatic carbocycles. The Hall–Kier alpha value is -3.19. The zero-order valence-corrected chi connectivity index (χ0v) is 21.2. The highest BCUT2D eigenvalue weighted by atomic mass is 35.5. The summed E-state index contributed by atoms with van der Waals surface area (Å²) in [6.45, 7) is 2.09. The molecule has 2 atom stereocenters. The average Bonchev–Trinajstić information content (AvgIpc) is 2.79. The van der Waals surface area contributed by atoms with Crippen LogP contribution in [0.25, 0.3) is 10.9 Å². The predicted octanol–water partition coefficient (Wildman–Crippen LogP) is 5.50. The van der Waals surface area contributed by atoms with Gasteiger partial charge in [0.25, 0.3) is 5.91 Å². The van der Waals surface area contributed by atoms with Gasteiger partial charge in [0, 0.05) is 28.7 Å². The van der Waals surface area contributed by atoms with Gasteiger partial charge in [-0.1, -0.05) is 11.6 Å². The summed E-state index contributed by atoms with van der Waals surface area (Å²) in [5, 5.41) is 5.00. The smallest absolute Gasteiger partial charge is 0.408 e. The maximum Gasteiger partial charge on any atom is 0.408 e. The maximum absolute atomic E-state index is 15.1. The number of halogens is 5. The molecule has 198 valence electrons. The largest absolute Gasteiger partial charge is 0.479 e. The molecular formula is C23H22ClF4N5O3S. The summed E-state index contributed by atoms with van der Waals surface area (Å²) in [4.78, 5) is 20.4. The molecule has 0 spiro atoms. The number of rotatable bonds is 7. The number of anilines is 2. The summed E-state index contributed by atoms with van der Waals surface area (Å²) in [5.41, 5.74) is 0.644. The Balaban J connectivity index is 1.62. The van der Waals surface area contributed by atoms with Crippen LogP contribution < -0.4 is 15.4 Å². The molecule has 8 nitrogen and oxygen atoms in total. The van der Waals surface area contributed by atoms with Crippen molar-refractivity contribution in [3.63, 3.8) is 0 Å². The normalized spacial score (nSPS) is 16.4. The first-order valence-corrected chi connectivity index (χ1v) is 13.3. The van der Waals surface area contributed by atoms with Gasteiger partial charge in [-0.2, -0.15) is 17.5 Å². The first kappa shape index (κ1) is 26.9. The van der Waals surface area contributed by atoms with Gasteiger partial charge in [-0.25, -0.2) is 18.6 Å². The predicted molar refractivity (Wildman–Crippen MR) is 133 cm³/mol. The van der Waals surface area contributed by atoms with Crippen LogP contribution >= 0.6 is 11.6 Å². The van der Waals surface area contributed by atoms with E-state index in [4.69, 9.17) is 16.3 Å². The van der Waals surface area contributed by atoms with Gasteiger partial charge >= 0.3 is 6.18 Å². The minimum atomic E-state index is -4.61. The molecule has 1 saturated heterocycles. The Bertz CT molecular complexity index is 1470. The summed E-state index contributed by atoms with van der Waals surface area (Å²) in [5.74, 6) is -0.683. The lowest BCUT2D eigenvalue weighted by Crippen LogP contribution is -2.47. The first-order valence-electron chi connectivity index (χ1n) is 11.1. The highest BCUT2D eigenvalue weighted by Gasteiger charge is 2.38. The van der Waals surface area contributed by atoms with Crippen molar-refractivity contribution in [2.24, 2.45) is 4.36 Å². The quantitative estimate of drug-likeness (QED) is 0.370. The fraction of sp³-hybridized carbons (Fsp3) is 0.348. The van der Waals surface area contributed by atoms with Gasteiger partial charge in [-0.3, -0.25) is 4.79 Å². The molecule has 1 aliphatic rings. The van der Waals surface area contributed by atoms with Crippen LogP contribution in [0.4, 0.5) is 34.8 Å². The van der Waals surface area contributed by atoms with Gasteiger partial charge < -0.3 is 15.4 Å². The molecule has 0 saturated carbocycles. The van der Waals surface area contributed by atoms with Crippen molar-refractivity contribution in [1.82, 2.24) is 15.3 Å². The molecule has 1 aliphatic heterocycles. The minimum absolute atomic E-state index is 0.0236. The van der Waals surface area contributed by atoms with Gasteiger partial charge in [0.2, 0.25) is 0 Å². The number of benzene rings is 2. The molecule has 4 rings (SSSR count). The van der Waals surface area contributed by atoms with Crippen molar-refractivity contribution in [3.05, 3.63) is 47.5 Å². The first-order chi connectivity index (χ1) is 17.3. The lowest BCUT2D eigenvalue weighted by Gasteiger charge is -2.22. The SMILES string of the molecule is C[C@H](NC(=O)[C@@H](C)Oc1cc(Cl)ccc1Nc1ncnc2cc(N=S3(=O)CCC3)cc(F)c12)C(F)(F)F. The number of ether oxygens (including phenoxy) is 1. The van der Waals surface area contributed by atoms with E-state index in [-0.39, 0.29) is 38.9 Å². The Morgan fingerprint density at radius 1 is 1.19 bits per heavy atom. The summed E-state index contributed by atoms with van der Waals surface area (Å²) >= 11 is 6.06. The molecule has 2 N–H and O–H groups in total. The van der Waals surface area contributed by atoms with Crippen molar-refractivity contribution < 1.29 is 31.3 Å². The van der Waals surface area contributed by atoms with Gasteiger partial charge in [-0.15, -0.1) is 0 Å². The lowest BCUT2D eigenvalue weighted by molar-refractivity contribution is -0.160. The van der Waals surface area contributed by atoms with E-state index in [0.717, 1.165) is 19.4 Å². The Kier molecular flexibility index (Phi) is 7.47. The number of alkyl halides is 3. The number of carbonyl (C=O) groups excluding carboxylic acids is 1. The van der Waals surface area contributed by atoms with E-state index >= 15 is 4.39 Å². The maximum atomic E-state index is 15.1. The molecule has 3 aromatic rings. The molecule has 1 fully saturated rings. The van der Waals surface area contributed by atoms with Crippen LogP contribution in [0.1, 0.15) is 20.3 Å². The average molecular weight is 560 g/mol. The van der Waals surface area contributed by atoms with Crippen molar-refractivity contribution in [1.29, 1.82) is 0 Å². The number of nitrogens with one attached hydrogen (secondary N) is 2.